The Morgan fingerprint density at radius 3 is 2.57 bits per heavy atom. The van der Waals surface area contributed by atoms with Gasteiger partial charge in [0.25, 0.3) is 0 Å². The number of methoxy groups -OCH3 is 1. The molecular weight excluding hydrogens is 262 g/mol. The summed E-state index contributed by atoms with van der Waals surface area (Å²) in [6.45, 7) is 0. The Labute approximate surface area is 121 Å². The van der Waals surface area contributed by atoms with Crippen molar-refractivity contribution in [2.45, 2.75) is 0 Å². The third kappa shape index (κ3) is 2.03. The number of ether oxygens (including phenoxy) is 1. The van der Waals surface area contributed by atoms with Crippen molar-refractivity contribution in [2.75, 3.05) is 7.11 Å². The van der Waals surface area contributed by atoms with E-state index in [0.29, 0.717) is 5.89 Å². The maximum atomic E-state index is 5.81. The average molecular weight is 275 g/mol. The second-order valence-corrected chi connectivity index (χ2v) is 4.91. The molecule has 0 unspecified atom stereocenters. The van der Waals surface area contributed by atoms with Gasteiger partial charge in [0.15, 0.2) is 5.58 Å². The molecule has 0 fully saturated rings. The van der Waals surface area contributed by atoms with Crippen molar-refractivity contribution >= 4 is 21.9 Å². The highest BCUT2D eigenvalue weighted by Crippen LogP contribution is 2.28. The fraction of sp³-hybridized carbons (Fsp3) is 0.0556. The first-order valence-corrected chi connectivity index (χ1v) is 6.77. The summed E-state index contributed by atoms with van der Waals surface area (Å²) >= 11 is 0. The lowest BCUT2D eigenvalue weighted by Gasteiger charge is -2.03. The lowest BCUT2D eigenvalue weighted by atomic mass is 10.1. The fourth-order valence-corrected chi connectivity index (χ4v) is 2.48. The van der Waals surface area contributed by atoms with Crippen LogP contribution in [0.2, 0.25) is 0 Å². The van der Waals surface area contributed by atoms with E-state index < -0.39 is 0 Å². The van der Waals surface area contributed by atoms with Gasteiger partial charge >= 0.3 is 0 Å². The van der Waals surface area contributed by atoms with Crippen LogP contribution in [0.3, 0.4) is 0 Å². The van der Waals surface area contributed by atoms with E-state index in [1.165, 1.54) is 0 Å². The molecule has 0 spiro atoms. The van der Waals surface area contributed by atoms with Gasteiger partial charge in [0.05, 0.1) is 7.11 Å². The van der Waals surface area contributed by atoms with Crippen molar-refractivity contribution in [3.63, 3.8) is 0 Å². The van der Waals surface area contributed by atoms with Crippen molar-refractivity contribution in [3.05, 3.63) is 60.7 Å². The zero-order chi connectivity index (χ0) is 14.2. The normalized spacial score (nSPS) is 11.1. The lowest BCUT2D eigenvalue weighted by Crippen LogP contribution is -1.83. The van der Waals surface area contributed by atoms with E-state index in [1.54, 1.807) is 7.11 Å². The van der Waals surface area contributed by atoms with E-state index in [9.17, 15) is 0 Å². The number of oxazole rings is 1. The van der Waals surface area contributed by atoms with Gasteiger partial charge in [0.1, 0.15) is 11.3 Å². The van der Waals surface area contributed by atoms with E-state index in [1.807, 2.05) is 48.5 Å². The van der Waals surface area contributed by atoms with Gasteiger partial charge in [-0.2, -0.15) is 0 Å². The molecule has 21 heavy (non-hydrogen) atoms. The first-order valence-electron chi connectivity index (χ1n) is 6.77. The van der Waals surface area contributed by atoms with E-state index in [0.717, 1.165) is 33.2 Å². The average Bonchev–Trinajstić information content (AvgIpc) is 2.98. The minimum atomic E-state index is 0.647. The van der Waals surface area contributed by atoms with Gasteiger partial charge < -0.3 is 9.15 Å². The molecule has 3 nitrogen and oxygen atoms in total. The molecule has 4 rings (SSSR count). The predicted molar refractivity (Wildman–Crippen MR) is 83.5 cm³/mol. The molecule has 3 heteroatoms. The van der Waals surface area contributed by atoms with Crippen molar-refractivity contribution in [3.8, 4) is 17.2 Å². The van der Waals surface area contributed by atoms with Crippen LogP contribution in [-0.2, 0) is 0 Å². The van der Waals surface area contributed by atoms with Crippen molar-refractivity contribution in [1.29, 1.82) is 0 Å². The van der Waals surface area contributed by atoms with E-state index in [4.69, 9.17) is 9.15 Å². The molecule has 0 aliphatic rings. The van der Waals surface area contributed by atoms with Crippen molar-refractivity contribution < 1.29 is 9.15 Å². The summed E-state index contributed by atoms with van der Waals surface area (Å²) in [6, 6.07) is 20.0. The van der Waals surface area contributed by atoms with E-state index in [-0.39, 0.29) is 0 Å². The predicted octanol–water partition coefficient (Wildman–Crippen LogP) is 4.66. The number of hydrogen-bond acceptors (Lipinski definition) is 3. The first-order chi connectivity index (χ1) is 10.3. The van der Waals surface area contributed by atoms with Crippen LogP contribution in [0.1, 0.15) is 0 Å². The van der Waals surface area contributed by atoms with Gasteiger partial charge in [-0.1, -0.05) is 24.3 Å². The number of para-hydroxylation sites is 2. The molecule has 1 heterocycles. The summed E-state index contributed by atoms with van der Waals surface area (Å²) in [6.07, 6.45) is 0. The quantitative estimate of drug-likeness (QED) is 0.534. The maximum absolute atomic E-state index is 5.81. The zero-order valence-corrected chi connectivity index (χ0v) is 11.5. The minimum Gasteiger partial charge on any atom is -0.497 e. The summed E-state index contributed by atoms with van der Waals surface area (Å²) in [4.78, 5) is 4.53. The van der Waals surface area contributed by atoms with Crippen molar-refractivity contribution in [1.82, 2.24) is 4.98 Å². The Hall–Kier alpha value is -2.81. The number of nitrogens with zero attached hydrogens (tertiary/aromatic N) is 1. The number of benzene rings is 3. The molecule has 0 amide bonds. The first kappa shape index (κ1) is 12.0. The fourth-order valence-electron chi connectivity index (χ4n) is 2.48. The largest absolute Gasteiger partial charge is 0.497 e. The molecule has 3 aromatic carbocycles. The lowest BCUT2D eigenvalue weighted by molar-refractivity contribution is 0.415. The van der Waals surface area contributed by atoms with Crippen LogP contribution in [-0.4, -0.2) is 12.1 Å². The van der Waals surface area contributed by atoms with Gasteiger partial charge in [-0.05, 0) is 47.2 Å². The molecule has 0 bridgehead atoms. The van der Waals surface area contributed by atoms with Crippen LogP contribution in [0, 0.1) is 0 Å². The number of fused-ring (bicyclic) bond motifs is 2. The molecule has 0 atom stereocenters. The summed E-state index contributed by atoms with van der Waals surface area (Å²) in [5.41, 5.74) is 2.66. The highest BCUT2D eigenvalue weighted by atomic mass is 16.5. The van der Waals surface area contributed by atoms with E-state index in [2.05, 4.69) is 17.1 Å². The zero-order valence-electron chi connectivity index (χ0n) is 11.5. The van der Waals surface area contributed by atoms with Gasteiger partial charge in [0.2, 0.25) is 5.89 Å². The Morgan fingerprint density at radius 2 is 1.71 bits per heavy atom. The number of rotatable bonds is 2. The van der Waals surface area contributed by atoms with Crippen LogP contribution in [0.4, 0.5) is 0 Å². The van der Waals surface area contributed by atoms with Gasteiger partial charge in [-0.3, -0.25) is 0 Å². The SMILES string of the molecule is COc1ccc2cc(-c3nc4ccccc4o3)ccc2c1. The Morgan fingerprint density at radius 1 is 0.905 bits per heavy atom. The second kappa shape index (κ2) is 4.63. The molecule has 102 valence electrons. The molecule has 1 aromatic heterocycles. The molecule has 4 aromatic rings. The van der Waals surface area contributed by atoms with Crippen LogP contribution >= 0.6 is 0 Å². The van der Waals surface area contributed by atoms with Gasteiger partial charge in [-0.25, -0.2) is 4.98 Å². The smallest absolute Gasteiger partial charge is 0.227 e. The Bertz CT molecular complexity index is 907. The van der Waals surface area contributed by atoms with Gasteiger partial charge in [-0.15, -0.1) is 0 Å². The van der Waals surface area contributed by atoms with Crippen LogP contribution in [0.25, 0.3) is 33.3 Å². The van der Waals surface area contributed by atoms with E-state index >= 15 is 0 Å². The minimum absolute atomic E-state index is 0.647. The number of hydrogen-bond donors (Lipinski definition) is 0. The third-order valence-corrected chi connectivity index (χ3v) is 3.59. The monoisotopic (exact) mass is 275 g/mol. The Balaban J connectivity index is 1.86. The summed E-state index contributed by atoms with van der Waals surface area (Å²) < 4.78 is 11.1. The molecule has 0 saturated heterocycles. The van der Waals surface area contributed by atoms with Crippen LogP contribution in [0.15, 0.2) is 65.1 Å². The molecule has 0 N–H and O–H groups in total. The summed E-state index contributed by atoms with van der Waals surface area (Å²) in [7, 11) is 1.67. The van der Waals surface area contributed by atoms with Gasteiger partial charge in [0, 0.05) is 5.56 Å². The molecule has 0 saturated carbocycles. The second-order valence-electron chi connectivity index (χ2n) is 4.91. The van der Waals surface area contributed by atoms with Crippen LogP contribution in [0.5, 0.6) is 5.75 Å². The molecule has 0 aliphatic heterocycles. The summed E-state index contributed by atoms with van der Waals surface area (Å²) in [5, 5.41) is 2.27. The topological polar surface area (TPSA) is 35.3 Å². The standard InChI is InChI=1S/C18H13NO2/c1-20-15-9-8-12-10-14(7-6-13(12)11-15)18-19-16-4-2-3-5-17(16)21-18/h2-11H,1H3. The summed E-state index contributed by atoms with van der Waals surface area (Å²) in [5.74, 6) is 1.51. The maximum Gasteiger partial charge on any atom is 0.227 e. The molecule has 0 radical (unpaired) electrons. The highest BCUT2D eigenvalue weighted by Gasteiger charge is 2.08. The van der Waals surface area contributed by atoms with Crippen molar-refractivity contribution in [2.24, 2.45) is 0 Å². The highest BCUT2D eigenvalue weighted by molar-refractivity contribution is 5.88. The Kier molecular flexibility index (Phi) is 2.64. The number of aromatic nitrogens is 1. The molecule has 0 aliphatic carbocycles. The van der Waals surface area contributed by atoms with Crippen LogP contribution < -0.4 is 4.74 Å². The third-order valence-electron chi connectivity index (χ3n) is 3.59. The molecular formula is C18H13NO2.